The van der Waals surface area contributed by atoms with Gasteiger partial charge in [-0.3, -0.25) is 9.98 Å². The Hall–Kier alpha value is -2.22. The van der Waals surface area contributed by atoms with Crippen LogP contribution in [-0.2, 0) is 25.7 Å². The Balaban J connectivity index is 2.17. The zero-order valence-corrected chi connectivity index (χ0v) is 21.9. The van der Waals surface area contributed by atoms with E-state index < -0.39 is 0 Å². The predicted octanol–water partition coefficient (Wildman–Crippen LogP) is 9.55. The zero-order chi connectivity index (χ0) is 23.9. The standard InChI is InChI=1S/C31H46N2/c1-6-10-14-26-18-20-30(22-28(26)16-12-8-3)32-24-25(5)33-31-21-19-27(15-11-7-2)29(23-31)17-13-9-4/h18-24H,6-17H2,1-5H3. The molecular formula is C31H46N2. The van der Waals surface area contributed by atoms with Crippen molar-refractivity contribution in [3.8, 4) is 0 Å². The molecule has 33 heavy (non-hydrogen) atoms. The van der Waals surface area contributed by atoms with E-state index in [-0.39, 0.29) is 0 Å². The summed E-state index contributed by atoms with van der Waals surface area (Å²) in [4.78, 5) is 9.63. The van der Waals surface area contributed by atoms with Gasteiger partial charge in [0.2, 0.25) is 0 Å². The lowest BCUT2D eigenvalue weighted by molar-refractivity contribution is 0.758. The number of benzene rings is 2. The normalized spacial score (nSPS) is 12.1. The second-order valence-electron chi connectivity index (χ2n) is 9.33. The van der Waals surface area contributed by atoms with Gasteiger partial charge in [0.25, 0.3) is 0 Å². The van der Waals surface area contributed by atoms with Crippen LogP contribution in [0.2, 0.25) is 0 Å². The summed E-state index contributed by atoms with van der Waals surface area (Å²) in [6.07, 6.45) is 16.5. The van der Waals surface area contributed by atoms with Crippen LogP contribution in [0.15, 0.2) is 46.4 Å². The van der Waals surface area contributed by atoms with E-state index >= 15 is 0 Å². The largest absolute Gasteiger partial charge is 0.255 e. The molecule has 0 bridgehead atoms. The van der Waals surface area contributed by atoms with Crippen molar-refractivity contribution in [2.75, 3.05) is 0 Å². The number of hydrogen-bond donors (Lipinski definition) is 0. The van der Waals surface area contributed by atoms with Crippen LogP contribution < -0.4 is 0 Å². The molecule has 0 unspecified atom stereocenters. The van der Waals surface area contributed by atoms with Crippen molar-refractivity contribution in [3.05, 3.63) is 58.7 Å². The molecule has 2 aromatic rings. The molecule has 0 spiro atoms. The van der Waals surface area contributed by atoms with Gasteiger partial charge in [-0.1, -0.05) is 65.5 Å². The van der Waals surface area contributed by atoms with Crippen LogP contribution in [-0.4, -0.2) is 11.9 Å². The van der Waals surface area contributed by atoms with Gasteiger partial charge in [-0.2, -0.15) is 0 Å². The van der Waals surface area contributed by atoms with Gasteiger partial charge in [-0.25, -0.2) is 0 Å². The molecule has 0 N–H and O–H groups in total. The molecule has 2 heteroatoms. The van der Waals surface area contributed by atoms with Crippen molar-refractivity contribution < 1.29 is 0 Å². The lowest BCUT2D eigenvalue weighted by Gasteiger charge is -2.10. The third-order valence-electron chi connectivity index (χ3n) is 6.28. The average Bonchev–Trinajstić information content (AvgIpc) is 2.83. The summed E-state index contributed by atoms with van der Waals surface area (Å²) in [5.41, 5.74) is 8.97. The summed E-state index contributed by atoms with van der Waals surface area (Å²) < 4.78 is 0. The van der Waals surface area contributed by atoms with E-state index in [4.69, 9.17) is 9.98 Å². The van der Waals surface area contributed by atoms with Crippen molar-refractivity contribution >= 4 is 23.3 Å². The monoisotopic (exact) mass is 446 g/mol. The molecule has 0 fully saturated rings. The number of aliphatic imine (C=N–C) groups is 2. The molecule has 2 rings (SSSR count). The van der Waals surface area contributed by atoms with Gasteiger partial charge in [-0.05, 0) is 105 Å². The Morgan fingerprint density at radius 1 is 0.606 bits per heavy atom. The zero-order valence-electron chi connectivity index (χ0n) is 21.9. The Morgan fingerprint density at radius 3 is 1.52 bits per heavy atom. The smallest absolute Gasteiger partial charge is 0.0636 e. The van der Waals surface area contributed by atoms with Gasteiger partial charge >= 0.3 is 0 Å². The molecule has 0 aliphatic carbocycles. The summed E-state index contributed by atoms with van der Waals surface area (Å²) in [5, 5.41) is 0. The van der Waals surface area contributed by atoms with Crippen molar-refractivity contribution in [1.29, 1.82) is 0 Å². The predicted molar refractivity (Wildman–Crippen MR) is 148 cm³/mol. The van der Waals surface area contributed by atoms with Crippen LogP contribution >= 0.6 is 0 Å². The number of aryl methyl sites for hydroxylation is 4. The van der Waals surface area contributed by atoms with Gasteiger partial charge in [-0.15, -0.1) is 0 Å². The number of rotatable bonds is 15. The lowest BCUT2D eigenvalue weighted by Crippen LogP contribution is -1.97. The molecule has 2 nitrogen and oxygen atoms in total. The third-order valence-corrected chi connectivity index (χ3v) is 6.28. The van der Waals surface area contributed by atoms with Crippen molar-refractivity contribution in [2.45, 2.75) is 112 Å². The molecule has 0 radical (unpaired) electrons. The maximum Gasteiger partial charge on any atom is 0.0636 e. The molecule has 2 aromatic carbocycles. The summed E-state index contributed by atoms with van der Waals surface area (Å²) in [6.45, 7) is 11.1. The van der Waals surface area contributed by atoms with Crippen molar-refractivity contribution in [1.82, 2.24) is 0 Å². The van der Waals surface area contributed by atoms with Crippen LogP contribution in [0.25, 0.3) is 0 Å². The summed E-state index contributed by atoms with van der Waals surface area (Å²) in [6, 6.07) is 13.5. The highest BCUT2D eigenvalue weighted by molar-refractivity contribution is 6.30. The van der Waals surface area contributed by atoms with E-state index in [9.17, 15) is 0 Å². The highest BCUT2D eigenvalue weighted by atomic mass is 14.8. The van der Waals surface area contributed by atoms with E-state index in [0.29, 0.717) is 0 Å². The topological polar surface area (TPSA) is 24.7 Å². The molecule has 0 aromatic heterocycles. The van der Waals surface area contributed by atoms with Crippen molar-refractivity contribution in [3.63, 3.8) is 0 Å². The highest BCUT2D eigenvalue weighted by Crippen LogP contribution is 2.24. The minimum atomic E-state index is 0.947. The van der Waals surface area contributed by atoms with E-state index in [2.05, 4.69) is 64.1 Å². The summed E-state index contributed by atoms with van der Waals surface area (Å²) >= 11 is 0. The van der Waals surface area contributed by atoms with Gasteiger partial charge in [0, 0.05) is 6.21 Å². The first-order valence-electron chi connectivity index (χ1n) is 13.4. The second kappa shape index (κ2) is 15.6. The van der Waals surface area contributed by atoms with Crippen LogP contribution in [0.3, 0.4) is 0 Å². The number of hydrogen-bond acceptors (Lipinski definition) is 2. The first-order valence-corrected chi connectivity index (χ1v) is 13.4. The fourth-order valence-electron chi connectivity index (χ4n) is 4.20. The molecule has 0 aliphatic heterocycles. The SMILES string of the molecule is CCCCc1ccc(N=CC(C)=Nc2ccc(CCCC)c(CCCC)c2)cc1CCCC. The van der Waals surface area contributed by atoms with Gasteiger partial charge in [0.05, 0.1) is 17.1 Å². The first-order chi connectivity index (χ1) is 16.1. The van der Waals surface area contributed by atoms with Gasteiger partial charge in [0.1, 0.15) is 0 Å². The number of nitrogens with zero attached hydrogens (tertiary/aromatic N) is 2. The maximum atomic E-state index is 4.86. The van der Waals surface area contributed by atoms with E-state index in [1.807, 2.05) is 13.1 Å². The summed E-state index contributed by atoms with van der Waals surface area (Å²) in [5.74, 6) is 0. The molecule has 0 atom stereocenters. The average molecular weight is 447 g/mol. The van der Waals surface area contributed by atoms with Crippen LogP contribution in [0.1, 0.15) is 108 Å². The van der Waals surface area contributed by atoms with E-state index in [0.717, 1.165) is 29.9 Å². The molecule has 0 saturated heterocycles. The maximum absolute atomic E-state index is 4.86. The molecule has 0 aliphatic rings. The quantitative estimate of drug-likeness (QED) is 0.243. The Morgan fingerprint density at radius 2 is 1.03 bits per heavy atom. The number of unbranched alkanes of at least 4 members (excludes halogenated alkanes) is 4. The van der Waals surface area contributed by atoms with Crippen LogP contribution in [0.5, 0.6) is 0 Å². The van der Waals surface area contributed by atoms with Crippen molar-refractivity contribution in [2.24, 2.45) is 9.98 Å². The molecule has 0 heterocycles. The van der Waals surface area contributed by atoms with Gasteiger partial charge in [0.15, 0.2) is 0 Å². The van der Waals surface area contributed by atoms with E-state index in [1.54, 1.807) is 0 Å². The minimum absolute atomic E-state index is 0.947. The first kappa shape index (κ1) is 27.0. The Kier molecular flexibility index (Phi) is 12.8. The fourth-order valence-corrected chi connectivity index (χ4v) is 4.20. The summed E-state index contributed by atoms with van der Waals surface area (Å²) in [7, 11) is 0. The molecule has 0 saturated carbocycles. The fraction of sp³-hybridized carbons (Fsp3) is 0.548. The Labute approximate surface area is 203 Å². The molecule has 180 valence electrons. The molecule has 0 amide bonds. The van der Waals surface area contributed by atoms with Crippen LogP contribution in [0.4, 0.5) is 11.4 Å². The van der Waals surface area contributed by atoms with Crippen LogP contribution in [0, 0.1) is 0 Å². The van der Waals surface area contributed by atoms with E-state index in [1.165, 1.54) is 86.5 Å². The second-order valence-corrected chi connectivity index (χ2v) is 9.33. The highest BCUT2D eigenvalue weighted by Gasteiger charge is 2.05. The molecular weight excluding hydrogens is 400 g/mol. The lowest BCUT2D eigenvalue weighted by atomic mass is 9.97. The van der Waals surface area contributed by atoms with Gasteiger partial charge < -0.3 is 0 Å². The third kappa shape index (κ3) is 9.66. The minimum Gasteiger partial charge on any atom is -0.255 e. The Bertz CT molecular complexity index is 892.